The van der Waals surface area contributed by atoms with Crippen molar-refractivity contribution in [2.75, 3.05) is 66.1 Å². The molecular formula is C13H26O8. The van der Waals surface area contributed by atoms with Gasteiger partial charge in [-0.25, -0.2) is 0 Å². The van der Waals surface area contributed by atoms with Crippen molar-refractivity contribution in [3.05, 3.63) is 0 Å². The standard InChI is InChI=1S/C11H22O6.C2H4O2/c12-11-9-16-7-5-14-3-1-13-2-4-15-6-8-17-10-11;1-2(3)4/h11-12H,1-10H2;1H3,(H,3,4). The highest BCUT2D eigenvalue weighted by molar-refractivity contribution is 5.62. The summed E-state index contributed by atoms with van der Waals surface area (Å²) in [5.74, 6) is -0.833. The van der Waals surface area contributed by atoms with Crippen molar-refractivity contribution < 1.29 is 38.7 Å². The average Bonchev–Trinajstić information content (AvgIpc) is 2.41. The molecular weight excluding hydrogens is 284 g/mol. The zero-order valence-corrected chi connectivity index (χ0v) is 12.5. The van der Waals surface area contributed by atoms with E-state index >= 15 is 0 Å². The van der Waals surface area contributed by atoms with E-state index < -0.39 is 12.1 Å². The van der Waals surface area contributed by atoms with Crippen LogP contribution < -0.4 is 0 Å². The Balaban J connectivity index is 0.000000885. The molecule has 0 atom stereocenters. The van der Waals surface area contributed by atoms with Gasteiger partial charge in [0, 0.05) is 6.92 Å². The van der Waals surface area contributed by atoms with Crippen LogP contribution in [-0.4, -0.2) is 88.4 Å². The second-order valence-electron chi connectivity index (χ2n) is 4.16. The van der Waals surface area contributed by atoms with Crippen LogP contribution in [0.25, 0.3) is 0 Å². The molecule has 0 saturated carbocycles. The summed E-state index contributed by atoms with van der Waals surface area (Å²) in [6, 6.07) is 0. The van der Waals surface area contributed by atoms with E-state index in [4.69, 9.17) is 33.6 Å². The molecule has 1 aliphatic heterocycles. The van der Waals surface area contributed by atoms with Gasteiger partial charge in [-0.15, -0.1) is 0 Å². The molecule has 0 amide bonds. The molecule has 0 radical (unpaired) electrons. The van der Waals surface area contributed by atoms with Crippen LogP contribution in [-0.2, 0) is 28.5 Å². The first kappa shape index (κ1) is 20.2. The van der Waals surface area contributed by atoms with E-state index in [-0.39, 0.29) is 13.2 Å². The van der Waals surface area contributed by atoms with E-state index in [9.17, 15) is 5.11 Å². The molecule has 1 heterocycles. The van der Waals surface area contributed by atoms with Gasteiger partial charge in [0.05, 0.1) is 66.1 Å². The van der Waals surface area contributed by atoms with Crippen LogP contribution in [0.1, 0.15) is 6.92 Å². The monoisotopic (exact) mass is 310 g/mol. The van der Waals surface area contributed by atoms with E-state index in [0.29, 0.717) is 52.9 Å². The Hall–Kier alpha value is -0.770. The van der Waals surface area contributed by atoms with E-state index in [1.165, 1.54) is 0 Å². The topological polar surface area (TPSA) is 104 Å². The second kappa shape index (κ2) is 15.6. The van der Waals surface area contributed by atoms with E-state index in [2.05, 4.69) is 0 Å². The lowest BCUT2D eigenvalue weighted by Crippen LogP contribution is -2.24. The molecule has 0 aromatic carbocycles. The molecule has 0 bridgehead atoms. The fourth-order valence-electron chi connectivity index (χ4n) is 1.26. The van der Waals surface area contributed by atoms with Crippen LogP contribution in [0, 0.1) is 0 Å². The summed E-state index contributed by atoms with van der Waals surface area (Å²) in [5, 5.41) is 16.9. The van der Waals surface area contributed by atoms with Gasteiger partial charge < -0.3 is 33.9 Å². The summed E-state index contributed by atoms with van der Waals surface area (Å²) in [7, 11) is 0. The lowest BCUT2D eigenvalue weighted by Gasteiger charge is -2.13. The number of hydrogen-bond acceptors (Lipinski definition) is 7. The van der Waals surface area contributed by atoms with Gasteiger partial charge in [-0.3, -0.25) is 4.79 Å². The molecule has 0 unspecified atom stereocenters. The minimum absolute atomic E-state index is 0.265. The number of aliphatic hydroxyl groups is 1. The molecule has 2 N–H and O–H groups in total. The van der Waals surface area contributed by atoms with Crippen LogP contribution in [0.3, 0.4) is 0 Å². The summed E-state index contributed by atoms with van der Waals surface area (Å²) in [6.45, 7) is 5.79. The Bertz CT molecular complexity index is 216. The normalized spacial score (nSPS) is 21.0. The van der Waals surface area contributed by atoms with Crippen LogP contribution in [0.15, 0.2) is 0 Å². The van der Waals surface area contributed by atoms with E-state index in [0.717, 1.165) is 6.92 Å². The molecule has 21 heavy (non-hydrogen) atoms. The van der Waals surface area contributed by atoms with Crippen molar-refractivity contribution in [3.63, 3.8) is 0 Å². The van der Waals surface area contributed by atoms with Gasteiger partial charge in [-0.2, -0.15) is 0 Å². The average molecular weight is 310 g/mol. The lowest BCUT2D eigenvalue weighted by atomic mass is 10.4. The fraction of sp³-hybridized carbons (Fsp3) is 0.923. The first-order valence-corrected chi connectivity index (χ1v) is 6.89. The SMILES string of the molecule is CC(=O)O.OC1COCCOCCOCCOCCOC1. The van der Waals surface area contributed by atoms with Crippen molar-refractivity contribution >= 4 is 5.97 Å². The molecule has 0 aromatic rings. The number of aliphatic carboxylic acids is 1. The van der Waals surface area contributed by atoms with Crippen molar-refractivity contribution in [1.82, 2.24) is 0 Å². The van der Waals surface area contributed by atoms with E-state index in [1.807, 2.05) is 0 Å². The van der Waals surface area contributed by atoms with Crippen LogP contribution >= 0.6 is 0 Å². The number of carboxylic acids is 1. The maximum absolute atomic E-state index is 9.47. The number of hydrogen-bond donors (Lipinski definition) is 2. The van der Waals surface area contributed by atoms with Crippen molar-refractivity contribution in [3.8, 4) is 0 Å². The third-order valence-electron chi connectivity index (χ3n) is 2.11. The zero-order chi connectivity index (χ0) is 15.8. The van der Waals surface area contributed by atoms with Crippen LogP contribution in [0.5, 0.6) is 0 Å². The number of carbonyl (C=O) groups is 1. The highest BCUT2D eigenvalue weighted by Gasteiger charge is 2.04. The third-order valence-corrected chi connectivity index (χ3v) is 2.11. The summed E-state index contributed by atoms with van der Waals surface area (Å²) in [4.78, 5) is 9.00. The lowest BCUT2D eigenvalue weighted by molar-refractivity contribution is -0.134. The van der Waals surface area contributed by atoms with Crippen molar-refractivity contribution in [2.24, 2.45) is 0 Å². The maximum Gasteiger partial charge on any atom is 0.300 e. The first-order valence-electron chi connectivity index (χ1n) is 6.89. The van der Waals surface area contributed by atoms with Gasteiger partial charge >= 0.3 is 0 Å². The maximum atomic E-state index is 9.47. The second-order valence-corrected chi connectivity index (χ2v) is 4.16. The van der Waals surface area contributed by atoms with Gasteiger partial charge in [0.1, 0.15) is 6.10 Å². The Morgan fingerprint density at radius 3 is 1.29 bits per heavy atom. The zero-order valence-electron chi connectivity index (χ0n) is 12.5. The molecule has 8 heteroatoms. The number of carboxylic acid groups (broad SMARTS) is 1. The van der Waals surface area contributed by atoms with Gasteiger partial charge in [-0.05, 0) is 0 Å². The molecule has 8 nitrogen and oxygen atoms in total. The summed E-state index contributed by atoms with van der Waals surface area (Å²) in [6.07, 6.45) is -0.591. The third kappa shape index (κ3) is 19.2. The van der Waals surface area contributed by atoms with Gasteiger partial charge in [0.15, 0.2) is 0 Å². The predicted octanol–water partition coefficient (Wildman–Crippen LogP) is -0.465. The largest absolute Gasteiger partial charge is 0.481 e. The molecule has 1 aliphatic rings. The molecule has 0 spiro atoms. The number of ether oxygens (including phenoxy) is 5. The van der Waals surface area contributed by atoms with Crippen LogP contribution in [0.4, 0.5) is 0 Å². The van der Waals surface area contributed by atoms with Crippen molar-refractivity contribution in [2.45, 2.75) is 13.0 Å². The van der Waals surface area contributed by atoms with Crippen LogP contribution in [0.2, 0.25) is 0 Å². The summed E-state index contributed by atoms with van der Waals surface area (Å²) < 4.78 is 26.3. The Labute approximate surface area is 124 Å². The molecule has 1 saturated heterocycles. The Morgan fingerprint density at radius 2 is 1.00 bits per heavy atom. The van der Waals surface area contributed by atoms with Gasteiger partial charge in [0.25, 0.3) is 5.97 Å². The quantitative estimate of drug-likeness (QED) is 0.619. The minimum atomic E-state index is -0.833. The highest BCUT2D eigenvalue weighted by Crippen LogP contribution is 1.90. The van der Waals surface area contributed by atoms with Gasteiger partial charge in [-0.1, -0.05) is 0 Å². The molecule has 0 aromatic heterocycles. The predicted molar refractivity (Wildman–Crippen MR) is 73.4 cm³/mol. The molecule has 0 aliphatic carbocycles. The summed E-state index contributed by atoms with van der Waals surface area (Å²) >= 11 is 0. The minimum Gasteiger partial charge on any atom is -0.481 e. The first-order chi connectivity index (χ1) is 10.1. The van der Waals surface area contributed by atoms with Gasteiger partial charge in [0.2, 0.25) is 0 Å². The van der Waals surface area contributed by atoms with Crippen molar-refractivity contribution in [1.29, 1.82) is 0 Å². The molecule has 1 fully saturated rings. The molecule has 126 valence electrons. The number of aliphatic hydroxyl groups excluding tert-OH is 1. The smallest absolute Gasteiger partial charge is 0.300 e. The Kier molecular flexibility index (Phi) is 15.0. The fourth-order valence-corrected chi connectivity index (χ4v) is 1.26. The highest BCUT2D eigenvalue weighted by atomic mass is 16.6. The summed E-state index contributed by atoms with van der Waals surface area (Å²) in [5.41, 5.74) is 0. The molecule has 1 rings (SSSR count). The van der Waals surface area contributed by atoms with E-state index in [1.54, 1.807) is 0 Å². The Morgan fingerprint density at radius 1 is 0.762 bits per heavy atom. The number of rotatable bonds is 0.